The van der Waals surface area contributed by atoms with Crippen LogP contribution in [-0.2, 0) is 27.4 Å². The number of nitrogens with zero attached hydrogens (tertiary/aromatic N) is 1. The van der Waals surface area contributed by atoms with E-state index in [0.717, 1.165) is 12.8 Å². The molecular weight excluding hydrogens is 332 g/mol. The fourth-order valence-electron chi connectivity index (χ4n) is 3.55. The summed E-state index contributed by atoms with van der Waals surface area (Å²) in [5.74, 6) is 0.0199. The Morgan fingerprint density at radius 3 is 2.27 bits per heavy atom. The van der Waals surface area contributed by atoms with Crippen LogP contribution in [0.2, 0.25) is 0 Å². The minimum Gasteiger partial charge on any atom is -0.444 e. The summed E-state index contributed by atoms with van der Waals surface area (Å²) < 4.78 is 10.8. The van der Waals surface area contributed by atoms with Crippen molar-refractivity contribution >= 4 is 12.0 Å². The average Bonchev–Trinajstić information content (AvgIpc) is 3.02. The fraction of sp³-hybridized carbons (Fsp3) is 0.600. The monoisotopic (exact) mass is 360 g/mol. The lowest BCUT2D eigenvalue weighted by Crippen LogP contribution is -2.53. The number of carbonyl (C=O) groups excluding carboxylic acids is 2. The highest BCUT2D eigenvalue weighted by Crippen LogP contribution is 2.26. The van der Waals surface area contributed by atoms with Crippen LogP contribution >= 0.6 is 0 Å². The lowest BCUT2D eigenvalue weighted by molar-refractivity contribution is -0.136. The van der Waals surface area contributed by atoms with Gasteiger partial charge in [-0.25, -0.2) is 4.79 Å². The standard InChI is InChI=1S/C20H28N2O4/c1-20(2,3)26-19(24)21-17(14-8-10-25-11-9-14)18(23)22-12-15-6-4-5-7-16(15)13-22/h4-7,14,17H,8-13H2,1-3H3,(H,21,24)/t17-/m0/s1. The maximum atomic E-state index is 13.2. The molecule has 3 rings (SSSR count). The lowest BCUT2D eigenvalue weighted by atomic mass is 9.91. The first-order chi connectivity index (χ1) is 12.3. The maximum absolute atomic E-state index is 13.2. The molecule has 0 unspecified atom stereocenters. The normalized spacial score (nSPS) is 19.0. The Morgan fingerprint density at radius 2 is 1.73 bits per heavy atom. The number of ether oxygens (including phenoxy) is 2. The van der Waals surface area contributed by atoms with Crippen molar-refractivity contribution in [1.29, 1.82) is 0 Å². The summed E-state index contributed by atoms with van der Waals surface area (Å²) in [5.41, 5.74) is 1.74. The first-order valence-corrected chi connectivity index (χ1v) is 9.26. The van der Waals surface area contributed by atoms with Crippen molar-refractivity contribution in [1.82, 2.24) is 10.2 Å². The molecule has 0 spiro atoms. The summed E-state index contributed by atoms with van der Waals surface area (Å²) in [4.78, 5) is 27.4. The van der Waals surface area contributed by atoms with Gasteiger partial charge in [0.1, 0.15) is 11.6 Å². The van der Waals surface area contributed by atoms with Crippen LogP contribution < -0.4 is 5.32 Å². The van der Waals surface area contributed by atoms with Crippen molar-refractivity contribution in [3.8, 4) is 0 Å². The van der Waals surface area contributed by atoms with Crippen LogP contribution in [0.1, 0.15) is 44.7 Å². The van der Waals surface area contributed by atoms with E-state index >= 15 is 0 Å². The molecule has 1 aromatic rings. The molecule has 1 fully saturated rings. The summed E-state index contributed by atoms with van der Waals surface area (Å²) in [6, 6.07) is 7.49. The molecule has 1 N–H and O–H groups in total. The predicted octanol–water partition coefficient (Wildman–Crippen LogP) is 2.85. The molecule has 1 saturated heterocycles. The molecule has 0 radical (unpaired) electrons. The van der Waals surface area contributed by atoms with Crippen molar-refractivity contribution in [3.63, 3.8) is 0 Å². The Bertz CT molecular complexity index is 637. The summed E-state index contributed by atoms with van der Waals surface area (Å²) in [7, 11) is 0. The van der Waals surface area contributed by atoms with Crippen LogP contribution in [0.3, 0.4) is 0 Å². The second-order valence-electron chi connectivity index (χ2n) is 8.04. The number of benzene rings is 1. The molecule has 1 aromatic carbocycles. The molecule has 1 atom stereocenters. The third kappa shape index (κ3) is 4.55. The molecule has 0 aromatic heterocycles. The average molecular weight is 360 g/mol. The van der Waals surface area contributed by atoms with E-state index in [9.17, 15) is 9.59 Å². The summed E-state index contributed by atoms with van der Waals surface area (Å²) in [5, 5.41) is 2.84. The Morgan fingerprint density at radius 1 is 1.15 bits per heavy atom. The van der Waals surface area contributed by atoms with Gasteiger partial charge in [0.15, 0.2) is 0 Å². The van der Waals surface area contributed by atoms with Crippen LogP contribution in [-0.4, -0.2) is 41.8 Å². The van der Waals surface area contributed by atoms with E-state index in [1.54, 1.807) is 0 Å². The number of amides is 2. The van der Waals surface area contributed by atoms with E-state index in [4.69, 9.17) is 9.47 Å². The van der Waals surface area contributed by atoms with Crippen LogP contribution in [0.25, 0.3) is 0 Å². The maximum Gasteiger partial charge on any atom is 0.408 e. The van der Waals surface area contributed by atoms with Gasteiger partial charge in [0.25, 0.3) is 0 Å². The van der Waals surface area contributed by atoms with Gasteiger partial charge in [0, 0.05) is 26.3 Å². The largest absolute Gasteiger partial charge is 0.444 e. The molecule has 0 aliphatic carbocycles. The van der Waals surface area contributed by atoms with E-state index < -0.39 is 17.7 Å². The minimum atomic E-state index is -0.600. The molecule has 2 aliphatic rings. The Balaban J connectivity index is 1.72. The second kappa shape index (κ2) is 7.66. The van der Waals surface area contributed by atoms with Gasteiger partial charge >= 0.3 is 6.09 Å². The minimum absolute atomic E-state index is 0.0426. The van der Waals surface area contributed by atoms with Gasteiger partial charge < -0.3 is 19.7 Å². The van der Waals surface area contributed by atoms with Crippen LogP contribution in [0.4, 0.5) is 4.79 Å². The first kappa shape index (κ1) is 18.7. The zero-order valence-corrected chi connectivity index (χ0v) is 15.8. The molecule has 2 heterocycles. The molecule has 2 aliphatic heterocycles. The highest BCUT2D eigenvalue weighted by atomic mass is 16.6. The third-order valence-corrected chi connectivity index (χ3v) is 4.83. The Kier molecular flexibility index (Phi) is 5.51. The highest BCUT2D eigenvalue weighted by Gasteiger charge is 2.36. The lowest BCUT2D eigenvalue weighted by Gasteiger charge is -2.33. The van der Waals surface area contributed by atoms with Gasteiger partial charge in [0.05, 0.1) is 0 Å². The van der Waals surface area contributed by atoms with E-state index in [0.29, 0.717) is 26.3 Å². The van der Waals surface area contributed by atoms with E-state index in [-0.39, 0.29) is 11.8 Å². The summed E-state index contributed by atoms with van der Waals surface area (Å²) in [6.07, 6.45) is 0.971. The molecular formula is C20H28N2O4. The number of alkyl carbamates (subject to hydrolysis) is 1. The van der Waals surface area contributed by atoms with E-state index in [2.05, 4.69) is 5.32 Å². The number of carbonyl (C=O) groups is 2. The van der Waals surface area contributed by atoms with Crippen LogP contribution in [0.15, 0.2) is 24.3 Å². The zero-order valence-electron chi connectivity index (χ0n) is 15.8. The van der Waals surface area contributed by atoms with Crippen molar-refractivity contribution < 1.29 is 19.1 Å². The number of fused-ring (bicyclic) bond motifs is 1. The smallest absolute Gasteiger partial charge is 0.408 e. The Labute approximate surface area is 154 Å². The Hall–Kier alpha value is -2.08. The van der Waals surface area contributed by atoms with Crippen molar-refractivity contribution in [3.05, 3.63) is 35.4 Å². The van der Waals surface area contributed by atoms with E-state index in [1.807, 2.05) is 49.9 Å². The molecule has 6 heteroatoms. The predicted molar refractivity (Wildman–Crippen MR) is 97.4 cm³/mol. The van der Waals surface area contributed by atoms with Crippen LogP contribution in [0, 0.1) is 5.92 Å². The van der Waals surface area contributed by atoms with E-state index in [1.165, 1.54) is 11.1 Å². The van der Waals surface area contributed by atoms with Gasteiger partial charge in [-0.05, 0) is 50.7 Å². The topological polar surface area (TPSA) is 67.9 Å². The summed E-state index contributed by atoms with van der Waals surface area (Å²) >= 11 is 0. The van der Waals surface area contributed by atoms with Gasteiger partial charge in [0.2, 0.25) is 5.91 Å². The highest BCUT2D eigenvalue weighted by molar-refractivity contribution is 5.86. The number of rotatable bonds is 3. The van der Waals surface area contributed by atoms with Crippen molar-refractivity contribution in [2.45, 2.75) is 58.3 Å². The molecule has 0 saturated carbocycles. The number of nitrogens with one attached hydrogen (secondary N) is 1. The summed E-state index contributed by atoms with van der Waals surface area (Å²) in [6.45, 7) is 7.85. The van der Waals surface area contributed by atoms with Gasteiger partial charge in [-0.3, -0.25) is 4.79 Å². The number of hydrogen-bond acceptors (Lipinski definition) is 4. The van der Waals surface area contributed by atoms with Crippen molar-refractivity contribution in [2.24, 2.45) is 5.92 Å². The van der Waals surface area contributed by atoms with Crippen LogP contribution in [0.5, 0.6) is 0 Å². The van der Waals surface area contributed by atoms with Gasteiger partial charge in [-0.1, -0.05) is 24.3 Å². The van der Waals surface area contributed by atoms with Gasteiger partial charge in [-0.2, -0.15) is 0 Å². The first-order valence-electron chi connectivity index (χ1n) is 9.26. The van der Waals surface area contributed by atoms with Gasteiger partial charge in [-0.15, -0.1) is 0 Å². The SMILES string of the molecule is CC(C)(C)OC(=O)N[C@H](C(=O)N1Cc2ccccc2C1)C1CCOCC1. The number of hydrogen-bond donors (Lipinski definition) is 1. The molecule has 0 bridgehead atoms. The molecule has 6 nitrogen and oxygen atoms in total. The molecule has 142 valence electrons. The second-order valence-corrected chi connectivity index (χ2v) is 8.04. The zero-order chi connectivity index (χ0) is 18.7. The third-order valence-electron chi connectivity index (χ3n) is 4.83. The fourth-order valence-corrected chi connectivity index (χ4v) is 3.55. The molecule has 2 amide bonds. The quantitative estimate of drug-likeness (QED) is 0.900. The molecule has 26 heavy (non-hydrogen) atoms. The van der Waals surface area contributed by atoms with Crippen molar-refractivity contribution in [2.75, 3.05) is 13.2 Å².